The minimum absolute atomic E-state index is 0.358. The second-order valence-electron chi connectivity index (χ2n) is 5.92. The third kappa shape index (κ3) is 3.79. The van der Waals surface area contributed by atoms with Crippen molar-refractivity contribution in [1.29, 1.82) is 0 Å². The van der Waals surface area contributed by atoms with Crippen LogP contribution in [0.4, 0.5) is 0 Å². The van der Waals surface area contributed by atoms with Crippen molar-refractivity contribution in [2.24, 2.45) is 0 Å². The molecule has 3 rings (SSSR count). The molecule has 1 aromatic heterocycles. The molecule has 0 amide bonds. The van der Waals surface area contributed by atoms with Crippen molar-refractivity contribution in [3.63, 3.8) is 0 Å². The molecule has 118 valence electrons. The Bertz CT molecular complexity index is 764. The molecule has 0 saturated heterocycles. The maximum Gasteiger partial charge on any atom is 0.120 e. The van der Waals surface area contributed by atoms with Crippen molar-refractivity contribution >= 4 is 0 Å². The second kappa shape index (κ2) is 6.67. The molecule has 3 aromatic rings. The molecule has 0 atom stereocenters. The third-order valence-corrected chi connectivity index (χ3v) is 3.83. The molecule has 23 heavy (non-hydrogen) atoms. The molecule has 4 heteroatoms. The van der Waals surface area contributed by atoms with Crippen molar-refractivity contribution in [2.45, 2.75) is 20.0 Å². The highest BCUT2D eigenvalue weighted by atomic mass is 16.3. The first-order valence-corrected chi connectivity index (χ1v) is 7.68. The zero-order valence-electron chi connectivity index (χ0n) is 13.5. The van der Waals surface area contributed by atoms with E-state index in [2.05, 4.69) is 41.3 Å². The molecule has 1 heterocycles. The summed E-state index contributed by atoms with van der Waals surface area (Å²) in [5.74, 6) is 0.358. The Labute approximate surface area is 136 Å². The van der Waals surface area contributed by atoms with Crippen LogP contribution >= 0.6 is 0 Å². The van der Waals surface area contributed by atoms with Crippen LogP contribution in [0.3, 0.4) is 0 Å². The Kier molecular flexibility index (Phi) is 4.44. The van der Waals surface area contributed by atoms with Crippen LogP contribution in [-0.4, -0.2) is 26.8 Å². The summed E-state index contributed by atoms with van der Waals surface area (Å²) < 4.78 is 1.85. The molecule has 1 N–H and O–H groups in total. The van der Waals surface area contributed by atoms with Crippen LogP contribution in [0.2, 0.25) is 0 Å². The van der Waals surface area contributed by atoms with Crippen LogP contribution in [0.1, 0.15) is 16.7 Å². The standard InChI is InChI=1S/C19H21N3O/c1-15-4-9-19(23)17(12-15)14-21(2)13-16-5-7-18(8-6-16)22-11-3-10-20-22/h3-12,23H,13-14H2,1-2H3. The average Bonchev–Trinajstić information content (AvgIpc) is 3.06. The molecule has 2 aromatic carbocycles. The van der Waals surface area contributed by atoms with Crippen LogP contribution in [0.25, 0.3) is 5.69 Å². The summed E-state index contributed by atoms with van der Waals surface area (Å²) in [4.78, 5) is 2.19. The predicted molar refractivity (Wildman–Crippen MR) is 91.6 cm³/mol. The zero-order chi connectivity index (χ0) is 16.2. The maximum atomic E-state index is 9.96. The normalized spacial score (nSPS) is 11.1. The first kappa shape index (κ1) is 15.3. The van der Waals surface area contributed by atoms with Gasteiger partial charge in [0.15, 0.2) is 0 Å². The van der Waals surface area contributed by atoms with E-state index in [0.717, 1.165) is 23.4 Å². The SMILES string of the molecule is Cc1ccc(O)c(CN(C)Cc2ccc(-n3cccn3)cc2)c1. The molecule has 0 aliphatic carbocycles. The first-order valence-electron chi connectivity index (χ1n) is 7.68. The van der Waals surface area contributed by atoms with E-state index in [4.69, 9.17) is 0 Å². The van der Waals surface area contributed by atoms with Gasteiger partial charge in [0.05, 0.1) is 5.69 Å². The van der Waals surface area contributed by atoms with E-state index in [0.29, 0.717) is 12.3 Å². The van der Waals surface area contributed by atoms with Gasteiger partial charge in [0.2, 0.25) is 0 Å². The van der Waals surface area contributed by atoms with Gasteiger partial charge in [-0.1, -0.05) is 29.8 Å². The number of hydrogen-bond donors (Lipinski definition) is 1. The third-order valence-electron chi connectivity index (χ3n) is 3.83. The summed E-state index contributed by atoms with van der Waals surface area (Å²) >= 11 is 0. The van der Waals surface area contributed by atoms with Gasteiger partial charge in [-0.2, -0.15) is 5.10 Å². The first-order chi connectivity index (χ1) is 11.1. The van der Waals surface area contributed by atoms with Crippen LogP contribution in [0, 0.1) is 6.92 Å². The minimum Gasteiger partial charge on any atom is -0.508 e. The fraction of sp³-hybridized carbons (Fsp3) is 0.211. The van der Waals surface area contributed by atoms with E-state index in [1.165, 1.54) is 5.56 Å². The number of aromatic nitrogens is 2. The lowest BCUT2D eigenvalue weighted by molar-refractivity contribution is 0.312. The quantitative estimate of drug-likeness (QED) is 0.784. The van der Waals surface area contributed by atoms with Gasteiger partial charge in [-0.25, -0.2) is 4.68 Å². The molecular formula is C19H21N3O. The number of hydrogen-bond acceptors (Lipinski definition) is 3. The van der Waals surface area contributed by atoms with Crippen molar-refractivity contribution in [3.8, 4) is 11.4 Å². The van der Waals surface area contributed by atoms with E-state index in [9.17, 15) is 5.11 Å². The van der Waals surface area contributed by atoms with Crippen molar-refractivity contribution in [3.05, 3.63) is 77.6 Å². The van der Waals surface area contributed by atoms with E-state index >= 15 is 0 Å². The summed E-state index contributed by atoms with van der Waals surface area (Å²) in [5.41, 5.74) is 4.41. The maximum absolute atomic E-state index is 9.96. The summed E-state index contributed by atoms with van der Waals surface area (Å²) in [5, 5.41) is 14.2. The Morgan fingerprint density at radius 1 is 1.09 bits per heavy atom. The molecule has 0 fully saturated rings. The number of nitrogens with zero attached hydrogens (tertiary/aromatic N) is 3. The van der Waals surface area contributed by atoms with Gasteiger partial charge in [-0.3, -0.25) is 4.90 Å². The minimum atomic E-state index is 0.358. The predicted octanol–water partition coefficient (Wildman–Crippen LogP) is 3.52. The summed E-state index contributed by atoms with van der Waals surface area (Å²) in [6, 6.07) is 16.0. The lowest BCUT2D eigenvalue weighted by Gasteiger charge is -2.18. The van der Waals surface area contributed by atoms with Gasteiger partial charge in [0, 0.05) is 31.0 Å². The van der Waals surface area contributed by atoms with Gasteiger partial charge in [-0.05, 0) is 43.8 Å². The fourth-order valence-electron chi connectivity index (χ4n) is 2.67. The molecule has 0 aliphatic heterocycles. The average molecular weight is 307 g/mol. The highest BCUT2D eigenvalue weighted by Gasteiger charge is 2.07. The molecule has 4 nitrogen and oxygen atoms in total. The second-order valence-corrected chi connectivity index (χ2v) is 5.92. The number of aryl methyl sites for hydroxylation is 1. The Hall–Kier alpha value is -2.59. The highest BCUT2D eigenvalue weighted by Crippen LogP contribution is 2.20. The topological polar surface area (TPSA) is 41.3 Å². The Morgan fingerprint density at radius 2 is 1.87 bits per heavy atom. The molecule has 0 saturated carbocycles. The number of benzene rings is 2. The fourth-order valence-corrected chi connectivity index (χ4v) is 2.67. The lowest BCUT2D eigenvalue weighted by atomic mass is 10.1. The van der Waals surface area contributed by atoms with E-state index in [1.54, 1.807) is 12.3 Å². The molecular weight excluding hydrogens is 286 g/mol. The zero-order valence-corrected chi connectivity index (χ0v) is 13.5. The number of aromatic hydroxyl groups is 1. The number of phenols is 1. The smallest absolute Gasteiger partial charge is 0.120 e. The Morgan fingerprint density at radius 3 is 2.57 bits per heavy atom. The summed E-state index contributed by atoms with van der Waals surface area (Å²) in [6.07, 6.45) is 3.71. The van der Waals surface area contributed by atoms with Crippen LogP contribution < -0.4 is 0 Å². The van der Waals surface area contributed by atoms with Crippen molar-refractivity contribution < 1.29 is 5.11 Å². The van der Waals surface area contributed by atoms with Crippen LogP contribution in [0.5, 0.6) is 5.75 Å². The molecule has 0 spiro atoms. The molecule has 0 aliphatic rings. The lowest BCUT2D eigenvalue weighted by Crippen LogP contribution is -2.17. The summed E-state index contributed by atoms with van der Waals surface area (Å²) in [7, 11) is 2.06. The van der Waals surface area contributed by atoms with E-state index < -0.39 is 0 Å². The van der Waals surface area contributed by atoms with Crippen LogP contribution in [-0.2, 0) is 13.1 Å². The number of phenolic OH excluding ortho intramolecular Hbond substituents is 1. The number of rotatable bonds is 5. The van der Waals surface area contributed by atoms with Gasteiger partial charge in [0.25, 0.3) is 0 Å². The Balaban J connectivity index is 1.66. The van der Waals surface area contributed by atoms with Crippen molar-refractivity contribution in [1.82, 2.24) is 14.7 Å². The van der Waals surface area contributed by atoms with E-state index in [1.807, 2.05) is 36.0 Å². The largest absolute Gasteiger partial charge is 0.508 e. The molecule has 0 bridgehead atoms. The molecule has 0 unspecified atom stereocenters. The molecule has 0 radical (unpaired) electrons. The summed E-state index contributed by atoms with van der Waals surface area (Å²) in [6.45, 7) is 3.58. The van der Waals surface area contributed by atoms with Gasteiger partial charge < -0.3 is 5.11 Å². The van der Waals surface area contributed by atoms with Gasteiger partial charge in [-0.15, -0.1) is 0 Å². The van der Waals surface area contributed by atoms with Gasteiger partial charge in [0.1, 0.15) is 5.75 Å². The van der Waals surface area contributed by atoms with Crippen molar-refractivity contribution in [2.75, 3.05) is 7.05 Å². The van der Waals surface area contributed by atoms with Crippen LogP contribution in [0.15, 0.2) is 60.9 Å². The monoisotopic (exact) mass is 307 g/mol. The van der Waals surface area contributed by atoms with Gasteiger partial charge >= 0.3 is 0 Å². The highest BCUT2D eigenvalue weighted by molar-refractivity contribution is 5.36. The van der Waals surface area contributed by atoms with E-state index in [-0.39, 0.29) is 0 Å².